The maximum atomic E-state index is 10.4. The SMILES string of the molecule is COc1ccc(Cl)cc1CC(C)C(O)c1ccccc1. The van der Waals surface area contributed by atoms with Crippen LogP contribution in [0.15, 0.2) is 48.5 Å². The van der Waals surface area contributed by atoms with Gasteiger partial charge in [-0.15, -0.1) is 0 Å². The van der Waals surface area contributed by atoms with E-state index in [0.29, 0.717) is 11.4 Å². The quantitative estimate of drug-likeness (QED) is 0.891. The van der Waals surface area contributed by atoms with E-state index in [1.807, 2.05) is 55.5 Å². The number of halogens is 1. The van der Waals surface area contributed by atoms with Crippen molar-refractivity contribution >= 4 is 11.6 Å². The van der Waals surface area contributed by atoms with E-state index in [4.69, 9.17) is 16.3 Å². The van der Waals surface area contributed by atoms with Gasteiger partial charge in [0.05, 0.1) is 13.2 Å². The van der Waals surface area contributed by atoms with Gasteiger partial charge in [0.1, 0.15) is 5.75 Å². The van der Waals surface area contributed by atoms with Gasteiger partial charge in [0, 0.05) is 5.02 Å². The molecule has 0 heterocycles. The first-order chi connectivity index (χ1) is 9.61. The third-order valence-electron chi connectivity index (χ3n) is 3.46. The average Bonchev–Trinajstić information content (AvgIpc) is 2.47. The molecule has 2 rings (SSSR count). The molecule has 0 bridgehead atoms. The van der Waals surface area contributed by atoms with Gasteiger partial charge in [-0.25, -0.2) is 0 Å². The van der Waals surface area contributed by atoms with Crippen molar-refractivity contribution in [3.05, 3.63) is 64.7 Å². The van der Waals surface area contributed by atoms with E-state index in [1.54, 1.807) is 7.11 Å². The van der Waals surface area contributed by atoms with Crippen LogP contribution in [0.4, 0.5) is 0 Å². The van der Waals surface area contributed by atoms with Crippen LogP contribution in [0, 0.1) is 5.92 Å². The standard InChI is InChI=1S/C17H19ClO2/c1-12(17(19)13-6-4-3-5-7-13)10-14-11-15(18)8-9-16(14)20-2/h3-9,11-12,17,19H,10H2,1-2H3. The molecular formula is C17H19ClO2. The molecule has 2 aromatic carbocycles. The highest BCUT2D eigenvalue weighted by Gasteiger charge is 2.18. The lowest BCUT2D eigenvalue weighted by molar-refractivity contribution is 0.117. The first-order valence-electron chi connectivity index (χ1n) is 6.67. The van der Waals surface area contributed by atoms with E-state index >= 15 is 0 Å². The molecule has 0 spiro atoms. The summed E-state index contributed by atoms with van der Waals surface area (Å²) in [6.45, 7) is 2.03. The molecule has 1 N–H and O–H groups in total. The molecular weight excluding hydrogens is 272 g/mol. The van der Waals surface area contributed by atoms with Crippen LogP contribution >= 0.6 is 11.6 Å². The summed E-state index contributed by atoms with van der Waals surface area (Å²) in [4.78, 5) is 0. The lowest BCUT2D eigenvalue weighted by Gasteiger charge is -2.20. The van der Waals surface area contributed by atoms with Crippen LogP contribution in [0.25, 0.3) is 0 Å². The number of hydrogen-bond acceptors (Lipinski definition) is 2. The number of ether oxygens (including phenoxy) is 1. The predicted octanol–water partition coefficient (Wildman–Crippen LogP) is 4.26. The van der Waals surface area contributed by atoms with Gasteiger partial charge in [-0.3, -0.25) is 0 Å². The maximum absolute atomic E-state index is 10.4. The Hall–Kier alpha value is -1.51. The highest BCUT2D eigenvalue weighted by atomic mass is 35.5. The van der Waals surface area contributed by atoms with Crippen LogP contribution in [0.2, 0.25) is 5.02 Å². The Labute approximate surface area is 125 Å². The molecule has 0 saturated heterocycles. The molecule has 20 heavy (non-hydrogen) atoms. The van der Waals surface area contributed by atoms with Gasteiger partial charge in [-0.2, -0.15) is 0 Å². The molecule has 0 aromatic heterocycles. The van der Waals surface area contributed by atoms with Crippen molar-refractivity contribution in [1.29, 1.82) is 0 Å². The van der Waals surface area contributed by atoms with Crippen molar-refractivity contribution in [2.75, 3.05) is 7.11 Å². The molecule has 2 atom stereocenters. The van der Waals surface area contributed by atoms with E-state index < -0.39 is 6.10 Å². The second kappa shape index (κ2) is 6.78. The minimum Gasteiger partial charge on any atom is -0.496 e. The Morgan fingerprint density at radius 2 is 1.85 bits per heavy atom. The number of aliphatic hydroxyl groups is 1. The van der Waals surface area contributed by atoms with Crippen molar-refractivity contribution in [3.8, 4) is 5.75 Å². The molecule has 0 radical (unpaired) electrons. The minimum absolute atomic E-state index is 0.0739. The summed E-state index contributed by atoms with van der Waals surface area (Å²) in [6.07, 6.45) is 0.208. The van der Waals surface area contributed by atoms with Crippen LogP contribution in [0.5, 0.6) is 5.75 Å². The van der Waals surface area contributed by atoms with Gasteiger partial charge >= 0.3 is 0 Å². The summed E-state index contributed by atoms with van der Waals surface area (Å²) >= 11 is 6.04. The summed E-state index contributed by atoms with van der Waals surface area (Å²) in [5.41, 5.74) is 1.95. The Morgan fingerprint density at radius 1 is 1.15 bits per heavy atom. The van der Waals surface area contributed by atoms with Gasteiger partial charge in [-0.05, 0) is 41.7 Å². The highest BCUT2D eigenvalue weighted by molar-refractivity contribution is 6.30. The van der Waals surface area contributed by atoms with Crippen LogP contribution in [0.1, 0.15) is 24.2 Å². The minimum atomic E-state index is -0.500. The van der Waals surface area contributed by atoms with Crippen molar-refractivity contribution < 1.29 is 9.84 Å². The summed E-state index contributed by atoms with van der Waals surface area (Å²) in [5.74, 6) is 0.881. The number of benzene rings is 2. The lowest BCUT2D eigenvalue weighted by atomic mass is 9.91. The van der Waals surface area contributed by atoms with Gasteiger partial charge < -0.3 is 9.84 Å². The zero-order valence-electron chi connectivity index (χ0n) is 11.7. The molecule has 0 aliphatic rings. The molecule has 3 heteroatoms. The largest absolute Gasteiger partial charge is 0.496 e. The third-order valence-corrected chi connectivity index (χ3v) is 3.70. The number of hydrogen-bond donors (Lipinski definition) is 1. The summed E-state index contributed by atoms with van der Waals surface area (Å²) < 4.78 is 5.35. The van der Waals surface area contributed by atoms with Crippen LogP contribution in [-0.4, -0.2) is 12.2 Å². The number of methoxy groups -OCH3 is 1. The number of aliphatic hydroxyl groups excluding tert-OH is 1. The zero-order valence-corrected chi connectivity index (χ0v) is 12.5. The smallest absolute Gasteiger partial charge is 0.122 e. The topological polar surface area (TPSA) is 29.5 Å². The van der Waals surface area contributed by atoms with Gasteiger partial charge in [0.2, 0.25) is 0 Å². The molecule has 0 amide bonds. The van der Waals surface area contributed by atoms with Crippen molar-refractivity contribution in [1.82, 2.24) is 0 Å². The lowest BCUT2D eigenvalue weighted by Crippen LogP contribution is -2.12. The maximum Gasteiger partial charge on any atom is 0.122 e. The molecule has 0 saturated carbocycles. The average molecular weight is 291 g/mol. The summed E-state index contributed by atoms with van der Waals surface area (Å²) in [7, 11) is 1.64. The molecule has 2 aromatic rings. The molecule has 106 valence electrons. The summed E-state index contributed by atoms with van der Waals surface area (Å²) in [5, 5.41) is 11.1. The van der Waals surface area contributed by atoms with E-state index in [1.165, 1.54) is 0 Å². The Kier molecular flexibility index (Phi) is 5.05. The predicted molar refractivity (Wildman–Crippen MR) is 82.3 cm³/mol. The normalized spacial score (nSPS) is 13.8. The second-order valence-corrected chi connectivity index (χ2v) is 5.43. The monoisotopic (exact) mass is 290 g/mol. The first kappa shape index (κ1) is 14.9. The fraction of sp³-hybridized carbons (Fsp3) is 0.294. The Balaban J connectivity index is 2.15. The molecule has 0 aliphatic heterocycles. The molecule has 0 aliphatic carbocycles. The van der Waals surface area contributed by atoms with E-state index in [-0.39, 0.29) is 5.92 Å². The van der Waals surface area contributed by atoms with Crippen LogP contribution in [0.3, 0.4) is 0 Å². The summed E-state index contributed by atoms with van der Waals surface area (Å²) in [6, 6.07) is 15.3. The second-order valence-electron chi connectivity index (χ2n) is 4.99. The first-order valence-corrected chi connectivity index (χ1v) is 7.05. The van der Waals surface area contributed by atoms with Gasteiger partial charge in [0.25, 0.3) is 0 Å². The fourth-order valence-corrected chi connectivity index (χ4v) is 2.54. The van der Waals surface area contributed by atoms with E-state index in [9.17, 15) is 5.11 Å². The van der Waals surface area contributed by atoms with Crippen LogP contribution in [-0.2, 0) is 6.42 Å². The zero-order chi connectivity index (χ0) is 14.5. The number of rotatable bonds is 5. The molecule has 2 unspecified atom stereocenters. The van der Waals surface area contributed by atoms with E-state index in [0.717, 1.165) is 16.9 Å². The van der Waals surface area contributed by atoms with Gasteiger partial charge in [0.15, 0.2) is 0 Å². The Bertz CT molecular complexity index is 554. The van der Waals surface area contributed by atoms with E-state index in [2.05, 4.69) is 0 Å². The van der Waals surface area contributed by atoms with Gasteiger partial charge in [-0.1, -0.05) is 48.9 Å². The van der Waals surface area contributed by atoms with Crippen molar-refractivity contribution in [2.24, 2.45) is 5.92 Å². The molecule has 2 nitrogen and oxygen atoms in total. The third kappa shape index (κ3) is 3.53. The molecule has 0 fully saturated rings. The van der Waals surface area contributed by atoms with Crippen molar-refractivity contribution in [3.63, 3.8) is 0 Å². The Morgan fingerprint density at radius 3 is 2.50 bits per heavy atom. The highest BCUT2D eigenvalue weighted by Crippen LogP contribution is 2.30. The van der Waals surface area contributed by atoms with Crippen LogP contribution < -0.4 is 4.74 Å². The van der Waals surface area contributed by atoms with Crippen molar-refractivity contribution in [2.45, 2.75) is 19.4 Å². The fourth-order valence-electron chi connectivity index (χ4n) is 2.34.